The Kier molecular flexibility index (Phi) is 3.34. The molecule has 1 aromatic rings. The van der Waals surface area contributed by atoms with Gasteiger partial charge in [0, 0.05) is 10.6 Å². The summed E-state index contributed by atoms with van der Waals surface area (Å²) < 4.78 is 0. The zero-order valence-electron chi connectivity index (χ0n) is 6.79. The Morgan fingerprint density at radius 3 is 2.82 bits per heavy atom. The lowest BCUT2D eigenvalue weighted by Crippen LogP contribution is -1.83. The summed E-state index contributed by atoms with van der Waals surface area (Å²) in [5, 5.41) is 0. The Balaban J connectivity index is 2.93. The van der Waals surface area contributed by atoms with Crippen LogP contribution in [0.5, 0.6) is 0 Å². The smallest absolute Gasteiger partial charge is 0.0192 e. The molecule has 0 saturated carbocycles. The van der Waals surface area contributed by atoms with Crippen LogP contribution in [0.2, 0.25) is 0 Å². The van der Waals surface area contributed by atoms with E-state index < -0.39 is 0 Å². The van der Waals surface area contributed by atoms with Gasteiger partial charge in [-0.15, -0.1) is 12.6 Å². The second kappa shape index (κ2) is 4.07. The van der Waals surface area contributed by atoms with Crippen LogP contribution in [0, 0.1) is 6.92 Å². The molecule has 0 aliphatic carbocycles. The number of aryl methyl sites for hydroxylation is 1. The predicted molar refractivity (Wildman–Crippen MR) is 55.7 cm³/mol. The van der Waals surface area contributed by atoms with Gasteiger partial charge in [-0.3, -0.25) is 0 Å². The molecule has 60 valence electrons. The van der Waals surface area contributed by atoms with Crippen LogP contribution >= 0.6 is 24.4 Å². The molecule has 0 unspecified atom stereocenters. The van der Waals surface area contributed by atoms with Crippen LogP contribution in [0.15, 0.2) is 23.1 Å². The fourth-order valence-electron chi connectivity index (χ4n) is 0.985. The maximum atomic E-state index is 4.37. The van der Waals surface area contributed by atoms with Crippen molar-refractivity contribution in [2.45, 2.75) is 17.6 Å². The molecule has 0 aliphatic rings. The van der Waals surface area contributed by atoms with E-state index >= 15 is 0 Å². The number of rotatable bonds is 2. The van der Waals surface area contributed by atoms with Gasteiger partial charge in [-0.2, -0.15) is 11.8 Å². The lowest BCUT2D eigenvalue weighted by molar-refractivity contribution is 1.24. The van der Waals surface area contributed by atoms with Crippen molar-refractivity contribution in [3.05, 3.63) is 29.3 Å². The van der Waals surface area contributed by atoms with Gasteiger partial charge >= 0.3 is 0 Å². The SMILES string of the molecule is CSCc1cc(C)ccc1S. The summed E-state index contributed by atoms with van der Waals surface area (Å²) >= 11 is 6.19. The van der Waals surface area contributed by atoms with Crippen molar-refractivity contribution in [2.75, 3.05) is 6.26 Å². The summed E-state index contributed by atoms with van der Waals surface area (Å²) in [6, 6.07) is 6.34. The molecule has 0 atom stereocenters. The Labute approximate surface area is 77.8 Å². The topological polar surface area (TPSA) is 0 Å². The number of hydrogen-bond donors (Lipinski definition) is 1. The van der Waals surface area contributed by atoms with E-state index in [4.69, 9.17) is 0 Å². The molecule has 0 fully saturated rings. The minimum atomic E-state index is 1.06. The van der Waals surface area contributed by atoms with E-state index in [1.807, 2.05) is 11.8 Å². The lowest BCUT2D eigenvalue weighted by atomic mass is 10.2. The van der Waals surface area contributed by atoms with Crippen LogP contribution in [-0.2, 0) is 5.75 Å². The minimum Gasteiger partial charge on any atom is -0.161 e. The van der Waals surface area contributed by atoms with E-state index in [2.05, 4.69) is 44.0 Å². The fourth-order valence-corrected chi connectivity index (χ4v) is 1.86. The summed E-state index contributed by atoms with van der Waals surface area (Å²) in [5.74, 6) is 1.06. The van der Waals surface area contributed by atoms with Gasteiger partial charge in [0.1, 0.15) is 0 Å². The Morgan fingerprint density at radius 1 is 1.45 bits per heavy atom. The highest BCUT2D eigenvalue weighted by atomic mass is 32.2. The van der Waals surface area contributed by atoms with Crippen molar-refractivity contribution >= 4 is 24.4 Å². The van der Waals surface area contributed by atoms with Gasteiger partial charge in [0.15, 0.2) is 0 Å². The Bertz CT molecular complexity index is 243. The quantitative estimate of drug-likeness (QED) is 0.689. The zero-order chi connectivity index (χ0) is 8.27. The first-order chi connectivity index (χ1) is 5.24. The number of benzene rings is 1. The van der Waals surface area contributed by atoms with Gasteiger partial charge in [-0.1, -0.05) is 17.7 Å². The molecule has 2 heteroatoms. The van der Waals surface area contributed by atoms with E-state index in [1.165, 1.54) is 11.1 Å². The van der Waals surface area contributed by atoms with Crippen molar-refractivity contribution in [1.82, 2.24) is 0 Å². The summed E-state index contributed by atoms with van der Waals surface area (Å²) in [7, 11) is 0. The van der Waals surface area contributed by atoms with Crippen LogP contribution in [-0.4, -0.2) is 6.26 Å². The van der Waals surface area contributed by atoms with Crippen LogP contribution < -0.4 is 0 Å². The molecule has 0 radical (unpaired) electrons. The molecular formula is C9H12S2. The van der Waals surface area contributed by atoms with E-state index in [0.29, 0.717) is 0 Å². The monoisotopic (exact) mass is 184 g/mol. The van der Waals surface area contributed by atoms with Gasteiger partial charge in [-0.25, -0.2) is 0 Å². The number of hydrogen-bond acceptors (Lipinski definition) is 2. The third kappa shape index (κ3) is 2.46. The van der Waals surface area contributed by atoms with Crippen LogP contribution in [0.25, 0.3) is 0 Å². The van der Waals surface area contributed by atoms with Crippen molar-refractivity contribution in [2.24, 2.45) is 0 Å². The van der Waals surface area contributed by atoms with Crippen LogP contribution in [0.4, 0.5) is 0 Å². The molecule has 0 aliphatic heterocycles. The molecule has 0 aromatic heterocycles. The highest BCUT2D eigenvalue weighted by Gasteiger charge is 1.96. The predicted octanol–water partition coefficient (Wildman–Crippen LogP) is 3.15. The van der Waals surface area contributed by atoms with E-state index in [9.17, 15) is 0 Å². The van der Waals surface area contributed by atoms with Crippen molar-refractivity contribution in [3.8, 4) is 0 Å². The molecule has 0 saturated heterocycles. The maximum absolute atomic E-state index is 4.37. The molecule has 0 spiro atoms. The first-order valence-corrected chi connectivity index (χ1v) is 5.35. The molecule has 1 rings (SSSR count). The molecule has 0 heterocycles. The standard InChI is InChI=1S/C9H12S2/c1-7-3-4-9(10)8(5-7)6-11-2/h3-5,10H,6H2,1-2H3. The van der Waals surface area contributed by atoms with E-state index in [0.717, 1.165) is 10.6 Å². The second-order valence-electron chi connectivity index (χ2n) is 2.57. The normalized spacial score (nSPS) is 10.1. The van der Waals surface area contributed by atoms with Crippen molar-refractivity contribution in [3.63, 3.8) is 0 Å². The summed E-state index contributed by atoms with van der Waals surface area (Å²) in [6.45, 7) is 2.11. The van der Waals surface area contributed by atoms with Gasteiger partial charge in [-0.05, 0) is 24.8 Å². The molecule has 0 nitrogen and oxygen atoms in total. The Hall–Kier alpha value is -0.0800. The Morgan fingerprint density at radius 2 is 2.18 bits per heavy atom. The van der Waals surface area contributed by atoms with Crippen molar-refractivity contribution in [1.29, 1.82) is 0 Å². The van der Waals surface area contributed by atoms with Gasteiger partial charge < -0.3 is 0 Å². The third-order valence-corrected chi connectivity index (χ3v) is 2.57. The number of thioether (sulfide) groups is 1. The minimum absolute atomic E-state index is 1.06. The third-order valence-electron chi connectivity index (χ3n) is 1.53. The highest BCUT2D eigenvalue weighted by molar-refractivity contribution is 7.97. The van der Waals surface area contributed by atoms with E-state index in [-0.39, 0.29) is 0 Å². The highest BCUT2D eigenvalue weighted by Crippen LogP contribution is 2.19. The summed E-state index contributed by atoms with van der Waals surface area (Å²) in [5.41, 5.74) is 2.65. The summed E-state index contributed by atoms with van der Waals surface area (Å²) in [6.07, 6.45) is 2.11. The second-order valence-corrected chi connectivity index (χ2v) is 3.91. The maximum Gasteiger partial charge on any atom is 0.0192 e. The lowest BCUT2D eigenvalue weighted by Gasteiger charge is -2.03. The molecule has 0 bridgehead atoms. The van der Waals surface area contributed by atoms with Gasteiger partial charge in [0.2, 0.25) is 0 Å². The van der Waals surface area contributed by atoms with Crippen LogP contribution in [0.1, 0.15) is 11.1 Å². The first kappa shape index (κ1) is 9.01. The van der Waals surface area contributed by atoms with Crippen LogP contribution in [0.3, 0.4) is 0 Å². The zero-order valence-corrected chi connectivity index (χ0v) is 8.51. The summed E-state index contributed by atoms with van der Waals surface area (Å²) in [4.78, 5) is 1.10. The average molecular weight is 184 g/mol. The molecule has 1 aromatic carbocycles. The van der Waals surface area contributed by atoms with Gasteiger partial charge in [0.05, 0.1) is 0 Å². The molecular weight excluding hydrogens is 172 g/mol. The molecule has 0 amide bonds. The fraction of sp³-hybridized carbons (Fsp3) is 0.333. The van der Waals surface area contributed by atoms with Crippen molar-refractivity contribution < 1.29 is 0 Å². The largest absolute Gasteiger partial charge is 0.161 e. The number of thiol groups is 1. The molecule has 0 N–H and O–H groups in total. The average Bonchev–Trinajstić information content (AvgIpc) is 1.98. The van der Waals surface area contributed by atoms with Gasteiger partial charge in [0.25, 0.3) is 0 Å². The first-order valence-electron chi connectivity index (χ1n) is 3.51. The van der Waals surface area contributed by atoms with E-state index in [1.54, 1.807) is 0 Å². The molecule has 11 heavy (non-hydrogen) atoms.